The molecule has 0 spiro atoms. The van der Waals surface area contributed by atoms with Crippen molar-refractivity contribution >= 4 is 17.6 Å². The number of ketones is 1. The van der Waals surface area contributed by atoms with E-state index in [2.05, 4.69) is 29.7 Å². The highest BCUT2D eigenvalue weighted by Gasteiger charge is 2.36. The Labute approximate surface area is 200 Å². The van der Waals surface area contributed by atoms with Gasteiger partial charge in [0.25, 0.3) is 0 Å². The van der Waals surface area contributed by atoms with Gasteiger partial charge in [-0.1, -0.05) is 50.5 Å². The van der Waals surface area contributed by atoms with Crippen molar-refractivity contribution in [1.29, 1.82) is 0 Å². The Morgan fingerprint density at radius 3 is 2.62 bits per heavy atom. The highest BCUT2D eigenvalue weighted by Crippen LogP contribution is 2.32. The topological polar surface area (TPSA) is 87.7 Å². The van der Waals surface area contributed by atoms with Crippen LogP contribution in [0.4, 0.5) is 0 Å². The number of amides is 2. The van der Waals surface area contributed by atoms with E-state index >= 15 is 0 Å². The molecule has 1 fully saturated rings. The summed E-state index contributed by atoms with van der Waals surface area (Å²) in [4.78, 5) is 38.2. The number of hydrogen-bond acceptors (Lipinski definition) is 6. The van der Waals surface area contributed by atoms with Gasteiger partial charge >= 0.3 is 0 Å². The average Bonchev–Trinajstić information content (AvgIpc) is 3.25. The van der Waals surface area contributed by atoms with Crippen LogP contribution in [0.5, 0.6) is 0 Å². The van der Waals surface area contributed by atoms with Crippen molar-refractivity contribution in [1.82, 2.24) is 15.5 Å². The normalized spacial score (nSPS) is 19.9. The summed E-state index contributed by atoms with van der Waals surface area (Å²) >= 11 is 0. The van der Waals surface area contributed by atoms with Crippen LogP contribution in [-0.2, 0) is 32.3 Å². The van der Waals surface area contributed by atoms with Crippen molar-refractivity contribution in [2.75, 3.05) is 13.1 Å². The summed E-state index contributed by atoms with van der Waals surface area (Å²) in [5, 5.41) is 5.88. The molecule has 7 nitrogen and oxygen atoms in total. The van der Waals surface area contributed by atoms with Gasteiger partial charge in [-0.3, -0.25) is 19.7 Å². The van der Waals surface area contributed by atoms with Gasteiger partial charge in [-0.05, 0) is 48.2 Å². The van der Waals surface area contributed by atoms with Crippen LogP contribution in [0.15, 0.2) is 59.5 Å². The Bertz CT molecular complexity index is 1020. The minimum absolute atomic E-state index is 0.166. The van der Waals surface area contributed by atoms with Crippen molar-refractivity contribution in [2.24, 2.45) is 0 Å². The first-order chi connectivity index (χ1) is 16.5. The maximum Gasteiger partial charge on any atom is 0.249 e. The monoisotopic (exact) mass is 463 g/mol. The summed E-state index contributed by atoms with van der Waals surface area (Å²) in [5.74, 6) is -0.360. The van der Waals surface area contributed by atoms with Gasteiger partial charge in [0.05, 0.1) is 0 Å². The molecule has 3 aliphatic rings. The fourth-order valence-corrected chi connectivity index (χ4v) is 4.49. The molecule has 4 rings (SSSR count). The van der Waals surface area contributed by atoms with Gasteiger partial charge < -0.3 is 15.0 Å². The Morgan fingerprint density at radius 1 is 1.06 bits per heavy atom. The van der Waals surface area contributed by atoms with Gasteiger partial charge in [0, 0.05) is 31.3 Å². The van der Waals surface area contributed by atoms with Gasteiger partial charge in [0.15, 0.2) is 5.76 Å². The second kappa shape index (κ2) is 11.3. The summed E-state index contributed by atoms with van der Waals surface area (Å²) < 4.78 is 5.99. The number of benzene rings is 1. The Kier molecular flexibility index (Phi) is 7.95. The van der Waals surface area contributed by atoms with Gasteiger partial charge in [0.2, 0.25) is 17.6 Å². The van der Waals surface area contributed by atoms with Crippen molar-refractivity contribution in [3.8, 4) is 0 Å². The molecule has 2 N–H and O–H groups in total. The number of hydrogen-bond donors (Lipinski definition) is 2. The van der Waals surface area contributed by atoms with Crippen LogP contribution < -0.4 is 10.6 Å². The summed E-state index contributed by atoms with van der Waals surface area (Å²) in [6, 6.07) is 7.82. The fraction of sp³-hybridized carbons (Fsp3) is 0.444. The Hall–Kier alpha value is -3.19. The lowest BCUT2D eigenvalue weighted by Gasteiger charge is -2.29. The molecule has 0 bridgehead atoms. The van der Waals surface area contributed by atoms with E-state index in [9.17, 15) is 14.4 Å². The molecule has 0 aromatic heterocycles. The smallest absolute Gasteiger partial charge is 0.249 e. The quantitative estimate of drug-likeness (QED) is 0.387. The van der Waals surface area contributed by atoms with E-state index in [1.165, 1.54) is 37.3 Å². The van der Waals surface area contributed by atoms with E-state index in [0.29, 0.717) is 31.8 Å². The number of rotatable bonds is 11. The molecule has 1 aliphatic carbocycles. The maximum absolute atomic E-state index is 12.6. The van der Waals surface area contributed by atoms with Gasteiger partial charge in [-0.25, -0.2) is 0 Å². The predicted molar refractivity (Wildman–Crippen MR) is 129 cm³/mol. The number of fused-ring (bicyclic) bond motifs is 1. The molecule has 2 amide bonds. The highest BCUT2D eigenvalue weighted by atomic mass is 16.5. The van der Waals surface area contributed by atoms with Gasteiger partial charge in [-0.15, -0.1) is 0 Å². The first-order valence-corrected chi connectivity index (χ1v) is 12.2. The minimum Gasteiger partial charge on any atom is -0.484 e. The number of imide groups is 1. The third-order valence-electron chi connectivity index (χ3n) is 6.46. The van der Waals surface area contributed by atoms with E-state index in [1.807, 2.05) is 23.2 Å². The van der Waals surface area contributed by atoms with Crippen LogP contribution in [0.25, 0.3) is 0 Å². The number of nitrogens with one attached hydrogen (secondary N) is 2. The van der Waals surface area contributed by atoms with Gasteiger partial charge in [0.1, 0.15) is 12.6 Å². The maximum atomic E-state index is 12.6. The molecule has 1 atom stereocenters. The van der Waals surface area contributed by atoms with Crippen molar-refractivity contribution < 1.29 is 19.1 Å². The van der Waals surface area contributed by atoms with Crippen LogP contribution in [0.3, 0.4) is 0 Å². The second-order valence-corrected chi connectivity index (χ2v) is 9.07. The Balaban J connectivity index is 1.32. The molecule has 1 aromatic carbocycles. The lowest BCUT2D eigenvalue weighted by Crippen LogP contribution is -2.50. The number of unbranched alkanes of at least 4 members (excludes halogenated alkanes) is 3. The predicted octanol–water partition coefficient (Wildman–Crippen LogP) is 3.27. The molecule has 180 valence electrons. The Morgan fingerprint density at radius 2 is 1.85 bits per heavy atom. The van der Waals surface area contributed by atoms with Crippen LogP contribution >= 0.6 is 0 Å². The number of allylic oxidation sites excluding steroid dienone is 2. The number of piperidine rings is 1. The molecule has 34 heavy (non-hydrogen) atoms. The molecular formula is C27H33N3O4. The zero-order chi connectivity index (χ0) is 23.9. The van der Waals surface area contributed by atoms with Crippen molar-refractivity contribution in [2.45, 2.75) is 64.6 Å². The molecule has 2 aliphatic heterocycles. The van der Waals surface area contributed by atoms with E-state index in [0.717, 1.165) is 29.8 Å². The molecule has 1 saturated heterocycles. The first-order valence-electron chi connectivity index (χ1n) is 12.2. The van der Waals surface area contributed by atoms with Crippen LogP contribution in [-0.4, -0.2) is 41.6 Å². The average molecular weight is 464 g/mol. The van der Waals surface area contributed by atoms with E-state index in [1.54, 1.807) is 6.08 Å². The molecule has 1 aromatic rings. The van der Waals surface area contributed by atoms with E-state index in [-0.39, 0.29) is 17.6 Å². The van der Waals surface area contributed by atoms with Gasteiger partial charge in [-0.2, -0.15) is 0 Å². The summed E-state index contributed by atoms with van der Waals surface area (Å²) in [7, 11) is 0. The molecule has 7 heteroatoms. The number of nitrogens with zero attached hydrogens (tertiary/aromatic N) is 1. The first kappa shape index (κ1) is 24.0. The van der Waals surface area contributed by atoms with E-state index in [4.69, 9.17) is 4.74 Å². The van der Waals surface area contributed by atoms with Crippen molar-refractivity contribution in [3.05, 3.63) is 70.6 Å². The molecule has 1 unspecified atom stereocenters. The third-order valence-corrected chi connectivity index (χ3v) is 6.46. The number of carbonyl (C=O) groups is 3. The SMILES string of the molecule is CCCCCCNCc1ccc(COC2=C3CN(C4CCC(=O)NC4=O)C=C3C=CC2=O)cc1. The number of carbonyl (C=O) groups excluding carboxylic acids is 3. The van der Waals surface area contributed by atoms with Crippen LogP contribution in [0.1, 0.15) is 56.6 Å². The molecule has 0 saturated carbocycles. The number of ether oxygens (including phenoxy) is 1. The molecule has 0 radical (unpaired) electrons. The molecular weight excluding hydrogens is 430 g/mol. The summed E-state index contributed by atoms with van der Waals surface area (Å²) in [6.45, 7) is 4.81. The van der Waals surface area contributed by atoms with Crippen LogP contribution in [0, 0.1) is 0 Å². The van der Waals surface area contributed by atoms with Crippen molar-refractivity contribution in [3.63, 3.8) is 0 Å². The summed E-state index contributed by atoms with van der Waals surface area (Å²) in [6.07, 6.45) is 11.0. The summed E-state index contributed by atoms with van der Waals surface area (Å²) in [5.41, 5.74) is 3.88. The lowest BCUT2D eigenvalue weighted by atomic mass is 10.00. The largest absolute Gasteiger partial charge is 0.484 e. The second-order valence-electron chi connectivity index (χ2n) is 9.07. The lowest BCUT2D eigenvalue weighted by molar-refractivity contribution is -0.136. The minimum atomic E-state index is -0.416. The zero-order valence-electron chi connectivity index (χ0n) is 19.8. The highest BCUT2D eigenvalue weighted by molar-refractivity contribution is 6.06. The van der Waals surface area contributed by atoms with E-state index < -0.39 is 6.04 Å². The van der Waals surface area contributed by atoms with Crippen LogP contribution in [0.2, 0.25) is 0 Å². The molecule has 2 heterocycles. The standard InChI is InChI=1S/C27H33N3O4/c1-2-3-4-5-14-28-15-19-6-8-20(9-7-19)18-34-26-22-17-30(16-21(22)10-12-24(26)31)23-11-13-25(32)29-27(23)33/h6-10,12,16,23,28H,2-5,11,13-15,17-18H2,1H3,(H,29,32,33). The zero-order valence-corrected chi connectivity index (χ0v) is 19.8. The fourth-order valence-electron chi connectivity index (χ4n) is 4.49. The third kappa shape index (κ3) is 5.83.